The van der Waals surface area contributed by atoms with Crippen LogP contribution < -0.4 is 0 Å². The van der Waals surface area contributed by atoms with Crippen LogP contribution in [0, 0.1) is 27.7 Å². The Hall–Kier alpha value is -2.15. The van der Waals surface area contributed by atoms with Crippen LogP contribution in [0.15, 0.2) is 42.5 Å². The smallest absolute Gasteiger partial charge is 0.0714 e. The Morgan fingerprint density at radius 2 is 1.45 bits per heavy atom. The van der Waals surface area contributed by atoms with Crippen molar-refractivity contribution >= 4 is 10.9 Å². The van der Waals surface area contributed by atoms with Crippen LogP contribution in [0.4, 0.5) is 0 Å². The molecule has 0 radical (unpaired) electrons. The molecule has 3 rings (SSSR count). The predicted molar refractivity (Wildman–Crippen MR) is 86.1 cm³/mol. The Labute approximate surface area is 120 Å². The van der Waals surface area contributed by atoms with Gasteiger partial charge in [0, 0.05) is 10.9 Å². The van der Waals surface area contributed by atoms with Crippen molar-refractivity contribution < 1.29 is 0 Å². The summed E-state index contributed by atoms with van der Waals surface area (Å²) in [7, 11) is 0. The second-order valence-corrected chi connectivity index (χ2v) is 5.66. The van der Waals surface area contributed by atoms with Crippen molar-refractivity contribution in [2.45, 2.75) is 27.7 Å². The number of rotatable bonds is 1. The maximum absolute atomic E-state index is 4.86. The second-order valence-electron chi connectivity index (χ2n) is 5.66. The van der Waals surface area contributed by atoms with Gasteiger partial charge in [0.05, 0.1) is 11.2 Å². The summed E-state index contributed by atoms with van der Waals surface area (Å²) in [5.74, 6) is 0. The number of fused-ring (bicyclic) bond motifs is 1. The van der Waals surface area contributed by atoms with Crippen molar-refractivity contribution in [3.05, 3.63) is 64.7 Å². The molecular formula is C19H19N. The van der Waals surface area contributed by atoms with Gasteiger partial charge in [-0.05, 0) is 56.5 Å². The van der Waals surface area contributed by atoms with E-state index in [4.69, 9.17) is 4.98 Å². The van der Waals surface area contributed by atoms with Crippen molar-refractivity contribution in [1.29, 1.82) is 0 Å². The molecule has 0 saturated heterocycles. The van der Waals surface area contributed by atoms with Gasteiger partial charge in [0.1, 0.15) is 0 Å². The summed E-state index contributed by atoms with van der Waals surface area (Å²) in [6.07, 6.45) is 0. The van der Waals surface area contributed by atoms with Crippen LogP contribution >= 0.6 is 0 Å². The fourth-order valence-corrected chi connectivity index (χ4v) is 2.85. The summed E-state index contributed by atoms with van der Waals surface area (Å²) in [5, 5.41) is 1.24. The average molecular weight is 261 g/mol. The highest BCUT2D eigenvalue weighted by Crippen LogP contribution is 2.26. The van der Waals surface area contributed by atoms with Gasteiger partial charge < -0.3 is 0 Å². The highest BCUT2D eigenvalue weighted by molar-refractivity contribution is 5.85. The van der Waals surface area contributed by atoms with Gasteiger partial charge in [-0.3, -0.25) is 0 Å². The molecule has 0 aliphatic heterocycles. The Balaban J connectivity index is 2.22. The molecule has 0 atom stereocenters. The Bertz CT molecular complexity index is 800. The van der Waals surface area contributed by atoms with E-state index >= 15 is 0 Å². The number of hydrogen-bond donors (Lipinski definition) is 0. The van der Waals surface area contributed by atoms with Gasteiger partial charge in [0.25, 0.3) is 0 Å². The first-order chi connectivity index (χ1) is 9.54. The van der Waals surface area contributed by atoms with Crippen LogP contribution in [0.1, 0.15) is 22.3 Å². The molecule has 1 heterocycles. The van der Waals surface area contributed by atoms with Crippen LogP contribution in [-0.4, -0.2) is 4.98 Å². The van der Waals surface area contributed by atoms with Gasteiger partial charge in [-0.2, -0.15) is 0 Å². The van der Waals surface area contributed by atoms with Crippen LogP contribution in [0.2, 0.25) is 0 Å². The fourth-order valence-electron chi connectivity index (χ4n) is 2.85. The lowest BCUT2D eigenvalue weighted by atomic mass is 10.0. The van der Waals surface area contributed by atoms with E-state index in [-0.39, 0.29) is 0 Å². The van der Waals surface area contributed by atoms with Crippen LogP contribution in [0.3, 0.4) is 0 Å². The van der Waals surface area contributed by atoms with Gasteiger partial charge in [0.2, 0.25) is 0 Å². The molecule has 0 bridgehead atoms. The monoisotopic (exact) mass is 261 g/mol. The lowest BCUT2D eigenvalue weighted by molar-refractivity contribution is 1.32. The molecule has 0 aliphatic rings. The summed E-state index contributed by atoms with van der Waals surface area (Å²) < 4.78 is 0. The zero-order valence-corrected chi connectivity index (χ0v) is 12.5. The Morgan fingerprint density at radius 3 is 2.20 bits per heavy atom. The van der Waals surface area contributed by atoms with E-state index < -0.39 is 0 Å². The van der Waals surface area contributed by atoms with E-state index in [0.717, 1.165) is 11.2 Å². The first-order valence-corrected chi connectivity index (χ1v) is 7.00. The Morgan fingerprint density at radius 1 is 0.700 bits per heavy atom. The minimum Gasteiger partial charge on any atom is -0.248 e. The maximum Gasteiger partial charge on any atom is 0.0714 e. The van der Waals surface area contributed by atoms with Crippen molar-refractivity contribution in [2.24, 2.45) is 0 Å². The predicted octanol–water partition coefficient (Wildman–Crippen LogP) is 5.14. The number of pyridine rings is 1. The first kappa shape index (κ1) is 12.9. The lowest BCUT2D eigenvalue weighted by Gasteiger charge is -2.09. The number of hydrogen-bond acceptors (Lipinski definition) is 1. The molecule has 0 amide bonds. The molecule has 0 unspecified atom stereocenters. The largest absolute Gasteiger partial charge is 0.248 e. The third kappa shape index (κ3) is 2.20. The molecule has 1 nitrogen and oxygen atoms in total. The van der Waals surface area contributed by atoms with Gasteiger partial charge in [-0.15, -0.1) is 0 Å². The molecule has 1 heteroatoms. The highest BCUT2D eigenvalue weighted by atomic mass is 14.7. The summed E-state index contributed by atoms with van der Waals surface area (Å²) in [6, 6.07) is 15.2. The van der Waals surface area contributed by atoms with Crippen molar-refractivity contribution in [1.82, 2.24) is 4.98 Å². The van der Waals surface area contributed by atoms with Crippen LogP contribution in [0.25, 0.3) is 22.2 Å². The molecule has 3 aromatic rings. The van der Waals surface area contributed by atoms with E-state index in [1.165, 1.54) is 33.2 Å². The number of benzene rings is 2. The molecule has 0 spiro atoms. The topological polar surface area (TPSA) is 12.9 Å². The molecule has 100 valence electrons. The van der Waals surface area contributed by atoms with Crippen molar-refractivity contribution in [3.63, 3.8) is 0 Å². The normalized spacial score (nSPS) is 11.0. The average Bonchev–Trinajstić information content (AvgIpc) is 2.37. The van der Waals surface area contributed by atoms with E-state index in [1.807, 2.05) is 0 Å². The molecular weight excluding hydrogens is 242 g/mol. The fraction of sp³-hybridized carbons (Fsp3) is 0.211. The number of nitrogens with zero attached hydrogens (tertiary/aromatic N) is 1. The summed E-state index contributed by atoms with van der Waals surface area (Å²) >= 11 is 0. The quantitative estimate of drug-likeness (QED) is 0.591. The minimum atomic E-state index is 1.06. The summed E-state index contributed by atoms with van der Waals surface area (Å²) in [4.78, 5) is 4.86. The number of aryl methyl sites for hydroxylation is 4. The molecule has 0 saturated carbocycles. The van der Waals surface area contributed by atoms with E-state index in [1.54, 1.807) is 0 Å². The zero-order chi connectivity index (χ0) is 14.3. The zero-order valence-electron chi connectivity index (χ0n) is 12.5. The third-order valence-electron chi connectivity index (χ3n) is 3.82. The SMILES string of the molecule is Cc1ccc(-c2ccc3c(C)cc(C)cc3n2)c(C)c1. The molecule has 2 aromatic carbocycles. The minimum absolute atomic E-state index is 1.06. The van der Waals surface area contributed by atoms with Gasteiger partial charge in [-0.25, -0.2) is 4.98 Å². The Kier molecular flexibility index (Phi) is 3.06. The van der Waals surface area contributed by atoms with Gasteiger partial charge in [-0.1, -0.05) is 35.9 Å². The summed E-state index contributed by atoms with van der Waals surface area (Å²) in [6.45, 7) is 8.54. The molecule has 1 aromatic heterocycles. The van der Waals surface area contributed by atoms with Crippen LogP contribution in [-0.2, 0) is 0 Å². The second kappa shape index (κ2) is 4.75. The molecule has 0 aliphatic carbocycles. The summed E-state index contributed by atoms with van der Waals surface area (Å²) in [5.41, 5.74) is 8.48. The van der Waals surface area contributed by atoms with E-state index in [9.17, 15) is 0 Å². The number of aromatic nitrogens is 1. The first-order valence-electron chi connectivity index (χ1n) is 7.00. The van der Waals surface area contributed by atoms with Crippen molar-refractivity contribution in [2.75, 3.05) is 0 Å². The van der Waals surface area contributed by atoms with E-state index in [2.05, 4.69) is 70.2 Å². The maximum atomic E-state index is 4.86. The van der Waals surface area contributed by atoms with E-state index in [0.29, 0.717) is 0 Å². The van der Waals surface area contributed by atoms with Crippen molar-refractivity contribution in [3.8, 4) is 11.3 Å². The third-order valence-corrected chi connectivity index (χ3v) is 3.82. The highest BCUT2D eigenvalue weighted by Gasteiger charge is 2.06. The van der Waals surface area contributed by atoms with Crippen LogP contribution in [0.5, 0.6) is 0 Å². The van der Waals surface area contributed by atoms with Gasteiger partial charge >= 0.3 is 0 Å². The van der Waals surface area contributed by atoms with Gasteiger partial charge in [0.15, 0.2) is 0 Å². The standard InChI is InChI=1S/C19H19N/c1-12-5-6-16(14(3)9-12)18-8-7-17-15(4)10-13(2)11-19(17)20-18/h5-11H,1-4H3. The molecule has 0 fully saturated rings. The lowest BCUT2D eigenvalue weighted by Crippen LogP contribution is -1.91. The molecule has 0 N–H and O–H groups in total. The molecule has 20 heavy (non-hydrogen) atoms.